The molecular formula is C19H22FN3O4S. The van der Waals surface area contributed by atoms with E-state index in [9.17, 15) is 22.7 Å². The van der Waals surface area contributed by atoms with Gasteiger partial charge in [0.1, 0.15) is 11.9 Å². The smallest absolute Gasteiger partial charge is 0.272 e. The molecule has 7 nitrogen and oxygen atoms in total. The maximum atomic E-state index is 13.4. The van der Waals surface area contributed by atoms with Gasteiger partial charge in [0.2, 0.25) is 0 Å². The number of ketones is 1. The van der Waals surface area contributed by atoms with Crippen molar-refractivity contribution in [2.45, 2.75) is 38.3 Å². The first-order valence-corrected chi connectivity index (χ1v) is 10.3. The molecule has 1 amide bonds. The van der Waals surface area contributed by atoms with Crippen molar-refractivity contribution in [3.8, 4) is 0 Å². The van der Waals surface area contributed by atoms with Crippen LogP contribution in [0.2, 0.25) is 0 Å². The summed E-state index contributed by atoms with van der Waals surface area (Å²) in [7, 11) is -3.83. The molecule has 2 atom stereocenters. The van der Waals surface area contributed by atoms with Crippen LogP contribution in [0, 0.1) is 13.8 Å². The summed E-state index contributed by atoms with van der Waals surface area (Å²) in [5.74, 6) is -0.622. The van der Waals surface area contributed by atoms with E-state index in [4.69, 9.17) is 0 Å². The highest BCUT2D eigenvalue weighted by atomic mass is 32.3. The molecule has 1 saturated heterocycles. The number of anilines is 1. The number of nitrogens with zero attached hydrogens (tertiary/aromatic N) is 1. The molecule has 2 heterocycles. The highest BCUT2D eigenvalue weighted by Gasteiger charge is 2.37. The number of carbonyl (C=O) groups excluding carboxylic acids is 2. The minimum atomic E-state index is -3.83. The summed E-state index contributed by atoms with van der Waals surface area (Å²) < 4.78 is 39.8. The summed E-state index contributed by atoms with van der Waals surface area (Å²) in [6.07, 6.45) is -0.980. The molecule has 3 rings (SSSR count). The van der Waals surface area contributed by atoms with Crippen molar-refractivity contribution in [2.24, 2.45) is 0 Å². The topological polar surface area (TPSA) is 105 Å². The maximum Gasteiger partial charge on any atom is 0.272 e. The van der Waals surface area contributed by atoms with Gasteiger partial charge in [-0.05, 0) is 44.9 Å². The van der Waals surface area contributed by atoms with Crippen molar-refractivity contribution >= 4 is 27.8 Å². The Morgan fingerprint density at radius 2 is 2.07 bits per heavy atom. The Morgan fingerprint density at radius 1 is 1.36 bits per heavy atom. The molecule has 1 aromatic carbocycles. The normalized spacial score (nSPS) is 19.4. The third kappa shape index (κ3) is 3.78. The molecule has 0 saturated carbocycles. The largest absolute Gasteiger partial charge is 0.593 e. The number of Topliss-reactive ketones (excluding diaryl/α,β-unsaturated/α-hetero) is 1. The lowest BCUT2D eigenvalue weighted by Crippen LogP contribution is -2.34. The number of aromatic nitrogens is 1. The van der Waals surface area contributed by atoms with E-state index in [2.05, 4.69) is 10.3 Å². The monoisotopic (exact) mass is 407 g/mol. The van der Waals surface area contributed by atoms with Gasteiger partial charge >= 0.3 is 0 Å². The lowest BCUT2D eigenvalue weighted by molar-refractivity contribution is 0.101. The van der Waals surface area contributed by atoms with Gasteiger partial charge in [0.05, 0.1) is 6.54 Å². The zero-order valence-electron chi connectivity index (χ0n) is 15.9. The standard InChI is InChI=1S/C19H22FN3O4S/c1-11-17(13(3)24)12(2)21-18(11)19(25)22-15-5-4-6-16(9-15)28(26,27)23-8-7-14(20)10-23/h4-6,9,14H,7-8,10H2,1-3H3,(H2-,21,22,24,25,26,27)/t14-/m0/s1. The SMILES string of the molecule is CC(=O)c1c(C)[nH]c(C(=O)Nc2cccc([S+](=O)([O-])N3CC[C@H](F)C3)c2)c1C. The van der Waals surface area contributed by atoms with Crippen molar-refractivity contribution in [3.63, 3.8) is 0 Å². The molecule has 0 bridgehead atoms. The van der Waals surface area contributed by atoms with Crippen LogP contribution in [0.4, 0.5) is 10.1 Å². The Balaban J connectivity index is 1.84. The van der Waals surface area contributed by atoms with E-state index < -0.39 is 22.5 Å². The first kappa shape index (κ1) is 20.4. The third-order valence-corrected chi connectivity index (χ3v) is 6.70. The zero-order valence-corrected chi connectivity index (χ0v) is 16.7. The first-order chi connectivity index (χ1) is 13.1. The molecule has 2 aromatic rings. The quantitative estimate of drug-likeness (QED) is 0.587. The second kappa shape index (κ2) is 7.57. The number of alkyl halides is 1. The number of nitrogens with one attached hydrogen (secondary N) is 2. The molecule has 1 fully saturated rings. The molecule has 0 aliphatic carbocycles. The molecule has 28 heavy (non-hydrogen) atoms. The van der Waals surface area contributed by atoms with Crippen LogP contribution in [-0.2, 0) is 14.6 Å². The predicted octanol–water partition coefficient (Wildman–Crippen LogP) is 3.03. The Hall–Kier alpha value is -2.36. The van der Waals surface area contributed by atoms with Crippen LogP contribution in [0.3, 0.4) is 0 Å². The Bertz CT molecular complexity index is 988. The number of H-pyrrole nitrogens is 1. The van der Waals surface area contributed by atoms with Crippen LogP contribution in [0.25, 0.3) is 0 Å². The lowest BCUT2D eigenvalue weighted by atomic mass is 10.1. The molecule has 1 unspecified atom stereocenters. The number of sulfonamides is 1. The van der Waals surface area contributed by atoms with E-state index in [0.29, 0.717) is 16.8 Å². The van der Waals surface area contributed by atoms with E-state index in [1.165, 1.54) is 25.1 Å². The van der Waals surface area contributed by atoms with Crippen molar-refractivity contribution in [1.82, 2.24) is 9.29 Å². The lowest BCUT2D eigenvalue weighted by Gasteiger charge is -2.23. The molecule has 9 heteroatoms. The number of hydrogen-bond donors (Lipinski definition) is 2. The number of carbonyl (C=O) groups is 2. The number of rotatable bonds is 5. The predicted molar refractivity (Wildman–Crippen MR) is 103 cm³/mol. The van der Waals surface area contributed by atoms with E-state index in [0.717, 1.165) is 4.31 Å². The van der Waals surface area contributed by atoms with Gasteiger partial charge in [-0.2, -0.15) is 0 Å². The van der Waals surface area contributed by atoms with Gasteiger partial charge < -0.3 is 14.9 Å². The molecule has 150 valence electrons. The number of hydrogen-bond acceptors (Lipinski definition) is 4. The van der Waals surface area contributed by atoms with Crippen LogP contribution >= 0.6 is 0 Å². The molecule has 0 radical (unpaired) electrons. The van der Waals surface area contributed by atoms with E-state index in [1.807, 2.05) is 0 Å². The fourth-order valence-corrected chi connectivity index (χ4v) is 5.02. The fourth-order valence-electron chi connectivity index (χ4n) is 3.49. The molecule has 1 aromatic heterocycles. The molecular weight excluding hydrogens is 385 g/mol. The molecule has 1 aliphatic rings. The first-order valence-electron chi connectivity index (χ1n) is 8.87. The fraction of sp³-hybridized carbons (Fsp3) is 0.368. The number of halogens is 1. The summed E-state index contributed by atoms with van der Waals surface area (Å²) in [6, 6.07) is 5.83. The van der Waals surface area contributed by atoms with Crippen LogP contribution in [0.1, 0.15) is 45.4 Å². The van der Waals surface area contributed by atoms with E-state index in [1.54, 1.807) is 19.9 Å². The molecule has 0 spiro atoms. The summed E-state index contributed by atoms with van der Waals surface area (Å²) in [5.41, 5.74) is 2.14. The Labute approximate surface area is 163 Å². The highest BCUT2D eigenvalue weighted by molar-refractivity contribution is 7.95. The van der Waals surface area contributed by atoms with Gasteiger partial charge in [0, 0.05) is 29.6 Å². The van der Waals surface area contributed by atoms with Gasteiger partial charge in [-0.25, -0.2) is 4.39 Å². The Morgan fingerprint density at radius 3 is 2.64 bits per heavy atom. The molecule has 2 N–H and O–H groups in total. The molecule has 1 aliphatic heterocycles. The number of amides is 1. The second-order valence-corrected chi connectivity index (χ2v) is 8.85. The summed E-state index contributed by atoms with van der Waals surface area (Å²) in [6.45, 7) is 4.79. The Kier molecular flexibility index (Phi) is 5.51. The summed E-state index contributed by atoms with van der Waals surface area (Å²) in [4.78, 5) is 27.3. The number of benzene rings is 1. The van der Waals surface area contributed by atoms with Crippen molar-refractivity contribution in [2.75, 3.05) is 18.4 Å². The van der Waals surface area contributed by atoms with Gasteiger partial charge in [-0.1, -0.05) is 10.3 Å². The third-order valence-electron chi connectivity index (χ3n) is 4.84. The second-order valence-electron chi connectivity index (χ2n) is 6.91. The van der Waals surface area contributed by atoms with Crippen LogP contribution in [-0.4, -0.2) is 44.8 Å². The summed E-state index contributed by atoms with van der Waals surface area (Å²) >= 11 is 0. The van der Waals surface area contributed by atoms with Crippen LogP contribution in [0.15, 0.2) is 29.2 Å². The maximum absolute atomic E-state index is 13.4. The highest BCUT2D eigenvalue weighted by Crippen LogP contribution is 2.28. The number of aromatic amines is 1. The van der Waals surface area contributed by atoms with Crippen molar-refractivity contribution in [1.29, 1.82) is 0 Å². The average molecular weight is 407 g/mol. The van der Waals surface area contributed by atoms with Gasteiger partial charge in [-0.3, -0.25) is 9.59 Å². The number of aryl methyl sites for hydroxylation is 1. The van der Waals surface area contributed by atoms with Crippen LogP contribution in [0.5, 0.6) is 0 Å². The van der Waals surface area contributed by atoms with Crippen molar-refractivity contribution in [3.05, 3.63) is 46.8 Å². The van der Waals surface area contributed by atoms with E-state index in [-0.39, 0.29) is 41.6 Å². The van der Waals surface area contributed by atoms with E-state index >= 15 is 0 Å². The van der Waals surface area contributed by atoms with Gasteiger partial charge in [0.25, 0.3) is 5.91 Å². The van der Waals surface area contributed by atoms with Gasteiger partial charge in [0.15, 0.2) is 21.1 Å². The average Bonchev–Trinajstić information content (AvgIpc) is 3.18. The van der Waals surface area contributed by atoms with Gasteiger partial charge in [-0.15, -0.1) is 4.31 Å². The summed E-state index contributed by atoms with van der Waals surface area (Å²) in [5, 5.41) is 2.65. The minimum Gasteiger partial charge on any atom is -0.593 e. The van der Waals surface area contributed by atoms with Crippen LogP contribution < -0.4 is 5.32 Å². The minimum absolute atomic E-state index is 0.0109. The zero-order chi connectivity index (χ0) is 20.6. The van der Waals surface area contributed by atoms with Crippen molar-refractivity contribution < 1.29 is 22.7 Å².